The van der Waals surface area contributed by atoms with Crippen LogP contribution in [0.3, 0.4) is 0 Å². The number of thioether (sulfide) groups is 1. The highest BCUT2D eigenvalue weighted by Crippen LogP contribution is 2.22. The number of amides is 1. The Morgan fingerprint density at radius 3 is 2.66 bits per heavy atom. The first-order valence-corrected chi connectivity index (χ1v) is 12.4. The molecule has 0 aliphatic carbocycles. The summed E-state index contributed by atoms with van der Waals surface area (Å²) in [5, 5.41) is 11.4. The van der Waals surface area contributed by atoms with Crippen LogP contribution < -0.4 is 10.1 Å². The number of methoxy groups -OCH3 is 1. The molecule has 0 fully saturated rings. The number of rotatable bonds is 10. The Hall–Kier alpha value is -3.11. The van der Waals surface area contributed by atoms with Crippen LogP contribution in [0.4, 0.5) is 5.69 Å². The van der Waals surface area contributed by atoms with Gasteiger partial charge in [0.25, 0.3) is 0 Å². The Morgan fingerprint density at radius 2 is 1.97 bits per heavy atom. The largest absolute Gasteiger partial charge is 0.497 e. The number of aromatic nitrogens is 3. The van der Waals surface area contributed by atoms with Gasteiger partial charge in [-0.1, -0.05) is 41.6 Å². The van der Waals surface area contributed by atoms with E-state index >= 15 is 0 Å². The first kappa shape index (κ1) is 23.6. The molecule has 32 heavy (non-hydrogen) atoms. The summed E-state index contributed by atoms with van der Waals surface area (Å²) in [6.45, 7) is 5.94. The van der Waals surface area contributed by atoms with Crippen LogP contribution in [0.15, 0.2) is 71.2 Å². The highest BCUT2D eigenvalue weighted by atomic mass is 32.2. The first-order chi connectivity index (χ1) is 15.3. The number of sulfone groups is 1. The topological polar surface area (TPSA) is 103 Å². The van der Waals surface area contributed by atoms with E-state index < -0.39 is 9.84 Å². The van der Waals surface area contributed by atoms with Crippen molar-refractivity contribution in [3.63, 3.8) is 0 Å². The number of allylic oxidation sites excluding steroid dienone is 1. The number of carbonyl (C=O) groups excluding carboxylic acids is 1. The van der Waals surface area contributed by atoms with Crippen LogP contribution >= 0.6 is 11.8 Å². The van der Waals surface area contributed by atoms with Crippen molar-refractivity contribution < 1.29 is 17.9 Å². The normalized spacial score (nSPS) is 11.2. The molecule has 2 aromatic carbocycles. The van der Waals surface area contributed by atoms with E-state index in [1.54, 1.807) is 66.3 Å². The highest BCUT2D eigenvalue weighted by Gasteiger charge is 2.21. The maximum Gasteiger partial charge on any atom is 0.234 e. The lowest BCUT2D eigenvalue weighted by Crippen LogP contribution is -2.15. The minimum Gasteiger partial charge on any atom is -0.497 e. The van der Waals surface area contributed by atoms with E-state index in [0.717, 1.165) is 5.56 Å². The molecule has 168 valence electrons. The van der Waals surface area contributed by atoms with Crippen LogP contribution in [-0.4, -0.2) is 42.0 Å². The second-order valence-corrected chi connectivity index (χ2v) is 9.87. The minimum atomic E-state index is -3.59. The molecule has 1 N–H and O–H groups in total. The monoisotopic (exact) mass is 472 g/mol. The molecule has 3 aromatic rings. The molecular weight excluding hydrogens is 448 g/mol. The fraction of sp³-hybridized carbons (Fsp3) is 0.227. The van der Waals surface area contributed by atoms with Gasteiger partial charge in [-0.05, 0) is 31.2 Å². The van der Waals surface area contributed by atoms with E-state index in [4.69, 9.17) is 4.74 Å². The lowest BCUT2D eigenvalue weighted by molar-refractivity contribution is -0.113. The van der Waals surface area contributed by atoms with Crippen molar-refractivity contribution in [1.82, 2.24) is 14.8 Å². The van der Waals surface area contributed by atoms with Gasteiger partial charge in [0.15, 0.2) is 15.0 Å². The molecule has 3 rings (SSSR count). The average Bonchev–Trinajstić information content (AvgIpc) is 3.13. The molecule has 8 nitrogen and oxygen atoms in total. The third-order valence-electron chi connectivity index (χ3n) is 4.49. The number of anilines is 1. The number of hydrogen-bond acceptors (Lipinski definition) is 7. The van der Waals surface area contributed by atoms with Crippen LogP contribution in [0.1, 0.15) is 11.4 Å². The van der Waals surface area contributed by atoms with Gasteiger partial charge in [-0.2, -0.15) is 0 Å². The van der Waals surface area contributed by atoms with Gasteiger partial charge in [0.05, 0.1) is 17.8 Å². The molecule has 10 heteroatoms. The third kappa shape index (κ3) is 5.98. The molecular formula is C22H24N4O4S2. The van der Waals surface area contributed by atoms with E-state index in [-0.39, 0.29) is 22.3 Å². The maximum absolute atomic E-state index is 12.8. The molecule has 0 spiro atoms. The standard InChI is InChI=1S/C22H24N4O4S2/c1-4-12-26-20(15-32(28,29)19-10-8-16(2)9-11-19)24-25-22(26)31-14-21(27)23-17-6-5-7-18(13-17)30-3/h4-11,13H,1,12,14-15H2,2-3H3,(H,23,27). The average molecular weight is 473 g/mol. The molecule has 1 amide bonds. The third-order valence-corrected chi connectivity index (χ3v) is 7.09. The van der Waals surface area contributed by atoms with Gasteiger partial charge >= 0.3 is 0 Å². The number of benzene rings is 2. The minimum absolute atomic E-state index is 0.0806. The van der Waals surface area contributed by atoms with Gasteiger partial charge < -0.3 is 14.6 Å². The summed E-state index contributed by atoms with van der Waals surface area (Å²) in [4.78, 5) is 12.6. The van der Waals surface area contributed by atoms with Crippen molar-refractivity contribution >= 4 is 33.2 Å². The van der Waals surface area contributed by atoms with Crippen LogP contribution in [0.5, 0.6) is 5.75 Å². The molecule has 0 saturated heterocycles. The van der Waals surface area contributed by atoms with Crippen molar-refractivity contribution in [3.8, 4) is 5.75 Å². The van der Waals surface area contributed by atoms with Crippen molar-refractivity contribution in [2.45, 2.75) is 29.3 Å². The van der Waals surface area contributed by atoms with E-state index in [0.29, 0.717) is 29.0 Å². The van der Waals surface area contributed by atoms with Crippen LogP contribution in [0.2, 0.25) is 0 Å². The van der Waals surface area contributed by atoms with E-state index in [1.807, 2.05) is 6.92 Å². The van der Waals surface area contributed by atoms with Crippen molar-refractivity contribution in [3.05, 3.63) is 72.6 Å². The number of carbonyl (C=O) groups is 1. The second-order valence-electron chi connectivity index (χ2n) is 6.94. The summed E-state index contributed by atoms with van der Waals surface area (Å²) in [6, 6.07) is 13.7. The Bertz CT molecular complexity index is 1200. The molecule has 0 aliphatic heterocycles. The fourth-order valence-corrected chi connectivity index (χ4v) is 4.91. The summed E-state index contributed by atoms with van der Waals surface area (Å²) < 4.78 is 32.4. The molecule has 0 aliphatic rings. The lowest BCUT2D eigenvalue weighted by Gasteiger charge is -2.09. The number of ether oxygens (including phenoxy) is 1. The predicted molar refractivity (Wildman–Crippen MR) is 125 cm³/mol. The van der Waals surface area contributed by atoms with Gasteiger partial charge in [0.2, 0.25) is 5.91 Å². The molecule has 0 bridgehead atoms. The van der Waals surface area contributed by atoms with Crippen molar-refractivity contribution in [2.24, 2.45) is 0 Å². The number of aryl methyl sites for hydroxylation is 1. The number of nitrogens with one attached hydrogen (secondary N) is 1. The predicted octanol–water partition coefficient (Wildman–Crippen LogP) is 3.49. The molecule has 0 unspecified atom stereocenters. The van der Waals surface area contributed by atoms with Gasteiger partial charge in [-0.3, -0.25) is 4.79 Å². The van der Waals surface area contributed by atoms with Crippen molar-refractivity contribution in [2.75, 3.05) is 18.2 Å². The Labute approximate surface area is 191 Å². The van der Waals surface area contributed by atoms with Gasteiger partial charge in [-0.15, -0.1) is 16.8 Å². The van der Waals surface area contributed by atoms with E-state index in [2.05, 4.69) is 22.1 Å². The fourth-order valence-electron chi connectivity index (χ4n) is 2.87. The van der Waals surface area contributed by atoms with Crippen LogP contribution in [-0.2, 0) is 26.9 Å². The van der Waals surface area contributed by atoms with E-state index in [1.165, 1.54) is 11.8 Å². The van der Waals surface area contributed by atoms with Gasteiger partial charge in [0, 0.05) is 18.3 Å². The summed E-state index contributed by atoms with van der Waals surface area (Å²) in [5.41, 5.74) is 1.59. The highest BCUT2D eigenvalue weighted by molar-refractivity contribution is 7.99. The number of hydrogen-bond donors (Lipinski definition) is 1. The summed E-state index contributed by atoms with van der Waals surface area (Å²) in [5.74, 6) is 0.483. The van der Waals surface area contributed by atoms with Crippen molar-refractivity contribution in [1.29, 1.82) is 0 Å². The quantitative estimate of drug-likeness (QED) is 0.356. The van der Waals surface area contributed by atoms with Gasteiger partial charge in [-0.25, -0.2) is 8.42 Å². The zero-order valence-corrected chi connectivity index (χ0v) is 19.4. The Kier molecular flexibility index (Phi) is 7.70. The zero-order chi connectivity index (χ0) is 23.1. The second kappa shape index (κ2) is 10.5. The Morgan fingerprint density at radius 1 is 1.22 bits per heavy atom. The summed E-state index contributed by atoms with van der Waals surface area (Å²) in [7, 11) is -2.04. The zero-order valence-electron chi connectivity index (χ0n) is 17.8. The molecule has 0 saturated carbocycles. The molecule has 0 radical (unpaired) electrons. The summed E-state index contributed by atoms with van der Waals surface area (Å²) in [6.07, 6.45) is 1.63. The lowest BCUT2D eigenvalue weighted by atomic mass is 10.2. The Balaban J connectivity index is 1.70. The molecule has 1 heterocycles. The van der Waals surface area contributed by atoms with Gasteiger partial charge in [0.1, 0.15) is 17.3 Å². The summed E-state index contributed by atoms with van der Waals surface area (Å²) >= 11 is 1.17. The first-order valence-electron chi connectivity index (χ1n) is 9.71. The number of nitrogens with zero attached hydrogens (tertiary/aromatic N) is 3. The van der Waals surface area contributed by atoms with Crippen LogP contribution in [0.25, 0.3) is 0 Å². The maximum atomic E-state index is 12.8. The molecule has 1 aromatic heterocycles. The van der Waals surface area contributed by atoms with E-state index in [9.17, 15) is 13.2 Å². The van der Waals surface area contributed by atoms with Crippen LogP contribution in [0, 0.1) is 6.92 Å². The molecule has 0 atom stereocenters. The smallest absolute Gasteiger partial charge is 0.234 e. The SMILES string of the molecule is C=CCn1c(CS(=O)(=O)c2ccc(C)cc2)nnc1SCC(=O)Nc1cccc(OC)c1.